The number of rotatable bonds is 5. The molecule has 1 aromatic rings. The third-order valence-corrected chi connectivity index (χ3v) is 3.08. The van der Waals surface area contributed by atoms with Gasteiger partial charge in [-0.2, -0.15) is 0 Å². The van der Waals surface area contributed by atoms with E-state index in [1.54, 1.807) is 0 Å². The van der Waals surface area contributed by atoms with Crippen LogP contribution < -0.4 is 10.5 Å². The number of hydrogen-bond donors (Lipinski definition) is 2. The highest BCUT2D eigenvalue weighted by Gasteiger charge is 2.26. The highest BCUT2D eigenvalue weighted by Crippen LogP contribution is 2.34. The molecule has 3 N–H and O–H groups in total. The summed E-state index contributed by atoms with van der Waals surface area (Å²) < 4.78 is 6.59. The minimum Gasteiger partial charge on any atom is -0.490 e. The Labute approximate surface area is 108 Å². The Balaban J connectivity index is 2.21. The first-order valence-corrected chi connectivity index (χ1v) is 6.29. The molecule has 17 heavy (non-hydrogen) atoms. The van der Waals surface area contributed by atoms with Crippen LogP contribution in [0.4, 0.5) is 0 Å². The van der Waals surface area contributed by atoms with Gasteiger partial charge in [-0.15, -0.1) is 0 Å². The Morgan fingerprint density at radius 3 is 2.88 bits per heavy atom. The van der Waals surface area contributed by atoms with E-state index in [4.69, 9.17) is 15.6 Å². The van der Waals surface area contributed by atoms with Gasteiger partial charge < -0.3 is 15.6 Å². The van der Waals surface area contributed by atoms with Crippen LogP contribution in [-0.2, 0) is 4.79 Å². The van der Waals surface area contributed by atoms with Gasteiger partial charge in [-0.05, 0) is 31.0 Å². The van der Waals surface area contributed by atoms with Crippen molar-refractivity contribution < 1.29 is 14.6 Å². The van der Waals surface area contributed by atoms with Gasteiger partial charge in [0.15, 0.2) is 0 Å². The van der Waals surface area contributed by atoms with Gasteiger partial charge in [0.25, 0.3) is 0 Å². The normalized spacial score (nSPS) is 16.6. The second-order valence-corrected chi connectivity index (χ2v) is 5.12. The van der Waals surface area contributed by atoms with E-state index < -0.39 is 12.0 Å². The first-order chi connectivity index (χ1) is 8.06. The molecule has 4 nitrogen and oxygen atoms in total. The smallest absolute Gasteiger partial charge is 0.305 e. The van der Waals surface area contributed by atoms with Crippen LogP contribution in [-0.4, -0.2) is 17.2 Å². The highest BCUT2D eigenvalue weighted by atomic mass is 79.9. The molecule has 1 unspecified atom stereocenters. The Hall–Kier alpha value is -1.07. The minimum atomic E-state index is -0.908. The Bertz CT molecular complexity index is 432. The summed E-state index contributed by atoms with van der Waals surface area (Å²) in [7, 11) is 0. The maximum absolute atomic E-state index is 10.7. The number of ether oxygens (including phenoxy) is 1. The van der Waals surface area contributed by atoms with Crippen molar-refractivity contribution in [1.82, 2.24) is 0 Å². The number of hydrogen-bond acceptors (Lipinski definition) is 3. The zero-order chi connectivity index (χ0) is 12.4. The standard InChI is InChI=1S/C12H14BrNO3/c13-7-1-4-11(17-8-2-3-8)9(5-7)10(14)6-12(15)16/h1,4-5,8,10H,2-3,6,14H2,(H,15,16). The molecule has 0 radical (unpaired) electrons. The van der Waals surface area contributed by atoms with Crippen LogP contribution in [0.25, 0.3) is 0 Å². The van der Waals surface area contributed by atoms with Gasteiger partial charge in [0, 0.05) is 16.1 Å². The predicted octanol–water partition coefficient (Wildman–Crippen LogP) is 2.46. The number of nitrogens with two attached hydrogens (primary N) is 1. The van der Waals surface area contributed by atoms with E-state index in [0.29, 0.717) is 5.75 Å². The quantitative estimate of drug-likeness (QED) is 0.876. The molecular formula is C12H14BrNO3. The first kappa shape index (κ1) is 12.4. The molecule has 0 aromatic heterocycles. The third-order valence-electron chi connectivity index (χ3n) is 2.58. The zero-order valence-corrected chi connectivity index (χ0v) is 10.8. The summed E-state index contributed by atoms with van der Waals surface area (Å²) in [5.74, 6) is -0.209. The monoisotopic (exact) mass is 299 g/mol. The Kier molecular flexibility index (Phi) is 3.69. The summed E-state index contributed by atoms with van der Waals surface area (Å²) in [4.78, 5) is 10.7. The largest absolute Gasteiger partial charge is 0.490 e. The average Bonchev–Trinajstić information content (AvgIpc) is 3.03. The van der Waals surface area contributed by atoms with E-state index in [-0.39, 0.29) is 12.5 Å². The topological polar surface area (TPSA) is 72.6 Å². The second-order valence-electron chi connectivity index (χ2n) is 4.20. The molecule has 0 saturated heterocycles. The molecule has 1 fully saturated rings. The SMILES string of the molecule is NC(CC(=O)O)c1cc(Br)ccc1OC1CC1. The van der Waals surface area contributed by atoms with E-state index in [9.17, 15) is 4.79 Å². The van der Waals surface area contributed by atoms with Crippen molar-refractivity contribution in [3.05, 3.63) is 28.2 Å². The molecule has 1 saturated carbocycles. The van der Waals surface area contributed by atoms with Crippen LogP contribution in [0.15, 0.2) is 22.7 Å². The summed E-state index contributed by atoms with van der Waals surface area (Å²) in [5.41, 5.74) is 6.62. The molecule has 0 heterocycles. The van der Waals surface area contributed by atoms with Gasteiger partial charge in [0.05, 0.1) is 12.5 Å². The molecule has 0 spiro atoms. The lowest BCUT2D eigenvalue weighted by atomic mass is 10.0. The summed E-state index contributed by atoms with van der Waals surface area (Å²) in [6, 6.07) is 4.98. The van der Waals surface area contributed by atoms with Crippen LogP contribution in [0.3, 0.4) is 0 Å². The molecule has 0 amide bonds. The van der Waals surface area contributed by atoms with E-state index in [1.807, 2.05) is 18.2 Å². The maximum atomic E-state index is 10.7. The van der Waals surface area contributed by atoms with Crippen molar-refractivity contribution in [3.8, 4) is 5.75 Å². The molecule has 1 aromatic carbocycles. The molecule has 0 aliphatic heterocycles. The summed E-state index contributed by atoms with van der Waals surface area (Å²) in [6.45, 7) is 0. The van der Waals surface area contributed by atoms with Gasteiger partial charge >= 0.3 is 5.97 Å². The van der Waals surface area contributed by atoms with Crippen LogP contribution in [0, 0.1) is 0 Å². The number of halogens is 1. The Morgan fingerprint density at radius 2 is 2.29 bits per heavy atom. The molecule has 2 rings (SSSR count). The lowest BCUT2D eigenvalue weighted by Gasteiger charge is -2.16. The van der Waals surface area contributed by atoms with Crippen molar-refractivity contribution in [2.24, 2.45) is 5.73 Å². The molecule has 92 valence electrons. The number of carboxylic acid groups (broad SMARTS) is 1. The summed E-state index contributed by atoms with van der Waals surface area (Å²) in [5, 5.41) is 8.77. The van der Waals surface area contributed by atoms with Gasteiger partial charge in [-0.3, -0.25) is 4.79 Å². The first-order valence-electron chi connectivity index (χ1n) is 5.49. The number of benzene rings is 1. The van der Waals surface area contributed by atoms with Gasteiger partial charge in [0.2, 0.25) is 0 Å². The molecule has 1 aliphatic rings. The van der Waals surface area contributed by atoms with E-state index >= 15 is 0 Å². The molecule has 5 heteroatoms. The number of carbonyl (C=O) groups is 1. The van der Waals surface area contributed by atoms with Crippen molar-refractivity contribution in [2.75, 3.05) is 0 Å². The average molecular weight is 300 g/mol. The highest BCUT2D eigenvalue weighted by molar-refractivity contribution is 9.10. The number of carboxylic acids is 1. The number of aliphatic carboxylic acids is 1. The lowest BCUT2D eigenvalue weighted by molar-refractivity contribution is -0.137. The van der Waals surface area contributed by atoms with Crippen molar-refractivity contribution >= 4 is 21.9 Å². The fraction of sp³-hybridized carbons (Fsp3) is 0.417. The van der Waals surface area contributed by atoms with E-state index in [0.717, 1.165) is 22.9 Å². The summed E-state index contributed by atoms with van der Waals surface area (Å²) >= 11 is 3.35. The zero-order valence-electron chi connectivity index (χ0n) is 9.23. The van der Waals surface area contributed by atoms with E-state index in [1.165, 1.54) is 0 Å². The molecule has 0 bridgehead atoms. The van der Waals surface area contributed by atoms with Crippen LogP contribution >= 0.6 is 15.9 Å². The van der Waals surface area contributed by atoms with Crippen LogP contribution in [0.2, 0.25) is 0 Å². The van der Waals surface area contributed by atoms with Gasteiger partial charge in [-0.25, -0.2) is 0 Å². The van der Waals surface area contributed by atoms with Crippen molar-refractivity contribution in [3.63, 3.8) is 0 Å². The minimum absolute atomic E-state index is 0.0997. The van der Waals surface area contributed by atoms with Crippen molar-refractivity contribution in [2.45, 2.75) is 31.4 Å². The predicted molar refractivity (Wildman–Crippen MR) is 67.0 cm³/mol. The van der Waals surface area contributed by atoms with Gasteiger partial charge in [0.1, 0.15) is 5.75 Å². The lowest BCUT2D eigenvalue weighted by Crippen LogP contribution is -2.16. The Morgan fingerprint density at radius 1 is 1.59 bits per heavy atom. The van der Waals surface area contributed by atoms with Crippen LogP contribution in [0.1, 0.15) is 30.9 Å². The third kappa shape index (κ3) is 3.44. The fourth-order valence-electron chi connectivity index (χ4n) is 1.58. The second kappa shape index (κ2) is 5.06. The van der Waals surface area contributed by atoms with E-state index in [2.05, 4.69) is 15.9 Å². The van der Waals surface area contributed by atoms with Crippen molar-refractivity contribution in [1.29, 1.82) is 0 Å². The van der Waals surface area contributed by atoms with Crippen LogP contribution in [0.5, 0.6) is 5.75 Å². The molecule has 1 atom stereocenters. The van der Waals surface area contributed by atoms with Gasteiger partial charge in [-0.1, -0.05) is 15.9 Å². The summed E-state index contributed by atoms with van der Waals surface area (Å²) in [6.07, 6.45) is 2.29. The fourth-order valence-corrected chi connectivity index (χ4v) is 1.96. The molecular weight excluding hydrogens is 286 g/mol. The molecule has 1 aliphatic carbocycles. The maximum Gasteiger partial charge on any atom is 0.305 e.